The second-order valence-corrected chi connectivity index (χ2v) is 16.1. The molecule has 0 aromatic carbocycles. The predicted molar refractivity (Wildman–Crippen MR) is 255 cm³/mol. The summed E-state index contributed by atoms with van der Waals surface area (Å²) in [7, 11) is 0. The summed E-state index contributed by atoms with van der Waals surface area (Å²) in [6.45, 7) is -9.82. The summed E-state index contributed by atoms with van der Waals surface area (Å²) in [6.07, 6.45) is 0.618. The first-order chi connectivity index (χ1) is 40.2. The molecule has 0 unspecified atom stereocenters. The number of carbonyl (C=O) groups excluding carboxylic acids is 18. The van der Waals surface area contributed by atoms with Crippen LogP contribution in [0.5, 0.6) is 0 Å². The van der Waals surface area contributed by atoms with Crippen molar-refractivity contribution in [2.75, 3.05) is 139 Å². The van der Waals surface area contributed by atoms with E-state index < -0.39 is 213 Å². The van der Waals surface area contributed by atoms with Gasteiger partial charge in [-0.25, -0.2) is 76.7 Å². The Morgan fingerprint density at radius 1 is 0.235 bits per heavy atom. The van der Waals surface area contributed by atoms with Crippen molar-refractivity contribution in [3.63, 3.8) is 0 Å². The molecule has 0 atom stereocenters. The van der Waals surface area contributed by atoms with Gasteiger partial charge in [0, 0.05) is 12.5 Å². The van der Waals surface area contributed by atoms with E-state index in [2.05, 4.69) is 81.1 Å². The number of ether oxygens (including phenoxy) is 19. The summed E-state index contributed by atoms with van der Waals surface area (Å²) in [5.74, 6) is -20.4. The van der Waals surface area contributed by atoms with Crippen LogP contribution in [0.4, 0.5) is 0 Å². The van der Waals surface area contributed by atoms with Crippen LogP contribution in [0.3, 0.4) is 0 Å². The van der Waals surface area contributed by atoms with Gasteiger partial charge in [0.2, 0.25) is 0 Å². The summed E-state index contributed by atoms with van der Waals surface area (Å²) < 4.78 is 86.8. The third-order valence-corrected chi connectivity index (χ3v) is 8.18. The van der Waals surface area contributed by atoms with E-state index >= 15 is 0 Å². The number of hydrogen-bond donors (Lipinski definition) is 1. The summed E-state index contributed by atoms with van der Waals surface area (Å²) in [5, 5.41) is 2.75. The molecule has 0 saturated heterocycles. The summed E-state index contributed by atoms with van der Waals surface area (Å²) in [5.41, 5.74) is 0. The molecule has 0 amide bonds. The minimum absolute atomic E-state index is 0.0176. The quantitative estimate of drug-likeness (QED) is 0.0337. The highest BCUT2D eigenvalue weighted by Gasteiger charge is 2.21. The summed E-state index contributed by atoms with van der Waals surface area (Å²) in [6, 6.07) is -0.0176. The Hall–Kier alpha value is -9.62. The zero-order valence-corrected chi connectivity index (χ0v) is 46.0. The number of hydrogen-bond acceptors (Lipinski definition) is 38. The molecule has 0 fully saturated rings. The van der Waals surface area contributed by atoms with Crippen molar-refractivity contribution in [2.24, 2.45) is 5.92 Å². The van der Waals surface area contributed by atoms with Crippen LogP contribution < -0.4 is 5.32 Å². The lowest BCUT2D eigenvalue weighted by Crippen LogP contribution is -2.31. The SMILES string of the molecule is CC(C)CCC(=O)OCC(=O)OCC(=O)OCC(=O)OCC(=O)OCC(=O)OCC(=O)OCC(=O)OCC(=O)OCCOCCOC(=O)COC(=O)COC(=O)COC(=O)COC(=O)COC(=O)COC(=O)COC(=O)COC(=O)CNC(C)C. The van der Waals surface area contributed by atoms with E-state index in [1.54, 1.807) is 13.8 Å². The molecule has 1 N–H and O–H groups in total. The molecule has 38 nitrogen and oxygen atoms in total. The second-order valence-electron chi connectivity index (χ2n) is 16.1. The molecule has 0 aliphatic heterocycles. The van der Waals surface area contributed by atoms with Gasteiger partial charge in [0.05, 0.1) is 19.8 Å². The molecular weight excluding hydrogens is 1170 g/mol. The monoisotopic (exact) mass is 1230 g/mol. The van der Waals surface area contributed by atoms with E-state index in [0.717, 1.165) is 0 Å². The maximum absolute atomic E-state index is 11.8. The molecule has 476 valence electrons. The lowest BCUT2D eigenvalue weighted by molar-refractivity contribution is -0.173. The third kappa shape index (κ3) is 47.7. The standard InChI is InChI=1S/C47H61NO37/c1-28(2)5-6-30(49)70-14-34(53)74-18-38(57)78-22-42(61)82-26-46(65)84-24-44(63)80-20-40(59)76-16-36(55)72-12-32(51)68-9-7-67-8-10-69-33(52)13-73-37(56)17-77-41(60)21-81-45(64)25-85-47(66)27-83-43(62)23-79-39(58)19-75-35(54)15-71-31(50)11-48-29(3)4/h28-29,48H,5-27H2,1-4H3. The topological polar surface area (TPSA) is 495 Å². The van der Waals surface area contributed by atoms with E-state index in [-0.39, 0.29) is 51.4 Å². The van der Waals surface area contributed by atoms with E-state index in [9.17, 15) is 86.3 Å². The molecule has 0 aliphatic rings. The smallest absolute Gasteiger partial charge is 0.344 e. The van der Waals surface area contributed by atoms with E-state index in [1.807, 2.05) is 13.8 Å². The average Bonchev–Trinajstić information content (AvgIpc) is 3.46. The van der Waals surface area contributed by atoms with E-state index in [0.29, 0.717) is 6.42 Å². The first kappa shape index (κ1) is 75.4. The second kappa shape index (κ2) is 45.9. The molecule has 0 aliphatic carbocycles. The minimum Gasteiger partial charge on any atom is -0.461 e. The number of esters is 18. The fourth-order valence-electron chi connectivity index (χ4n) is 4.25. The van der Waals surface area contributed by atoms with Gasteiger partial charge in [0.15, 0.2) is 106 Å². The van der Waals surface area contributed by atoms with Crippen molar-refractivity contribution in [2.45, 2.75) is 46.6 Å². The highest BCUT2D eigenvalue weighted by molar-refractivity contribution is 5.86. The van der Waals surface area contributed by atoms with Crippen molar-refractivity contribution in [3.8, 4) is 0 Å². The van der Waals surface area contributed by atoms with E-state index in [1.165, 1.54) is 0 Å². The Kier molecular flexibility index (Phi) is 40.7. The fourth-order valence-corrected chi connectivity index (χ4v) is 4.25. The van der Waals surface area contributed by atoms with Crippen LogP contribution in [0.25, 0.3) is 0 Å². The molecule has 0 rings (SSSR count). The molecule has 0 saturated carbocycles. The maximum Gasteiger partial charge on any atom is 0.344 e. The average molecular weight is 1230 g/mol. The van der Waals surface area contributed by atoms with Gasteiger partial charge in [0.25, 0.3) is 0 Å². The highest BCUT2D eigenvalue weighted by Crippen LogP contribution is 2.04. The zero-order valence-electron chi connectivity index (χ0n) is 46.0. The zero-order chi connectivity index (χ0) is 64.0. The van der Waals surface area contributed by atoms with Gasteiger partial charge in [-0.2, -0.15) is 0 Å². The number of nitrogens with one attached hydrogen (secondary N) is 1. The lowest BCUT2D eigenvalue weighted by atomic mass is 10.1. The first-order valence-corrected chi connectivity index (χ1v) is 24.3. The highest BCUT2D eigenvalue weighted by atomic mass is 16.7. The molecule has 85 heavy (non-hydrogen) atoms. The molecule has 0 bridgehead atoms. The van der Waals surface area contributed by atoms with Crippen molar-refractivity contribution in [1.82, 2.24) is 5.32 Å². The van der Waals surface area contributed by atoms with Gasteiger partial charge in [-0.05, 0) is 12.3 Å². The molecule has 0 heterocycles. The van der Waals surface area contributed by atoms with Crippen LogP contribution in [0, 0.1) is 5.92 Å². The summed E-state index contributed by atoms with van der Waals surface area (Å²) in [4.78, 5) is 210. The van der Waals surface area contributed by atoms with Crippen molar-refractivity contribution < 1.29 is 176 Å². The van der Waals surface area contributed by atoms with Crippen LogP contribution in [-0.4, -0.2) is 252 Å². The third-order valence-electron chi connectivity index (χ3n) is 8.18. The Balaban J connectivity index is 3.95. The van der Waals surface area contributed by atoms with E-state index in [4.69, 9.17) is 14.2 Å². The predicted octanol–water partition coefficient (Wildman–Crippen LogP) is -5.79. The Labute approximate surface area is 479 Å². The van der Waals surface area contributed by atoms with Gasteiger partial charge in [-0.3, -0.25) is 9.59 Å². The molecule has 0 radical (unpaired) electrons. The minimum atomic E-state index is -1.28. The lowest BCUT2D eigenvalue weighted by Gasteiger charge is -2.09. The number of rotatable bonds is 44. The van der Waals surface area contributed by atoms with Crippen molar-refractivity contribution in [1.29, 1.82) is 0 Å². The largest absolute Gasteiger partial charge is 0.461 e. The van der Waals surface area contributed by atoms with Gasteiger partial charge in [-0.1, -0.05) is 27.7 Å². The van der Waals surface area contributed by atoms with Gasteiger partial charge in [0.1, 0.15) is 13.2 Å². The van der Waals surface area contributed by atoms with Crippen LogP contribution in [0.1, 0.15) is 40.5 Å². The van der Waals surface area contributed by atoms with Crippen LogP contribution in [-0.2, 0) is 176 Å². The summed E-state index contributed by atoms with van der Waals surface area (Å²) >= 11 is 0. The molecular formula is C47H61NO37. The number of carbonyl (C=O) groups is 18. The molecule has 38 heteroatoms. The maximum atomic E-state index is 11.8. The van der Waals surface area contributed by atoms with Crippen molar-refractivity contribution in [3.05, 3.63) is 0 Å². The van der Waals surface area contributed by atoms with Crippen LogP contribution in [0.15, 0.2) is 0 Å². The molecule has 0 spiro atoms. The fraction of sp³-hybridized carbons (Fsp3) is 0.617. The van der Waals surface area contributed by atoms with Gasteiger partial charge in [-0.15, -0.1) is 0 Å². The Bertz CT molecular complexity index is 2150. The normalized spacial score (nSPS) is 10.2. The van der Waals surface area contributed by atoms with Crippen LogP contribution >= 0.6 is 0 Å². The molecule has 0 aromatic rings. The van der Waals surface area contributed by atoms with Crippen molar-refractivity contribution >= 4 is 107 Å². The van der Waals surface area contributed by atoms with Gasteiger partial charge >= 0.3 is 107 Å². The molecule has 0 aromatic heterocycles. The Morgan fingerprint density at radius 3 is 0.600 bits per heavy atom. The van der Waals surface area contributed by atoms with Gasteiger partial charge < -0.3 is 95.3 Å². The first-order valence-electron chi connectivity index (χ1n) is 24.3. The Morgan fingerprint density at radius 2 is 0.412 bits per heavy atom. The van der Waals surface area contributed by atoms with Crippen LogP contribution in [0.2, 0.25) is 0 Å².